The van der Waals surface area contributed by atoms with Gasteiger partial charge in [-0.2, -0.15) is 0 Å². The van der Waals surface area contributed by atoms with Crippen LogP contribution in [0.2, 0.25) is 0 Å². The molecular formula is C17H26F2N2. The van der Waals surface area contributed by atoms with Crippen LogP contribution in [0.4, 0.5) is 8.78 Å². The van der Waals surface area contributed by atoms with E-state index >= 15 is 0 Å². The lowest BCUT2D eigenvalue weighted by atomic mass is 9.90. The molecule has 0 bridgehead atoms. The molecule has 2 atom stereocenters. The molecule has 0 aromatic heterocycles. The lowest BCUT2D eigenvalue weighted by Gasteiger charge is -2.43. The topological polar surface area (TPSA) is 15.3 Å². The van der Waals surface area contributed by atoms with Gasteiger partial charge in [0, 0.05) is 36.3 Å². The first kappa shape index (κ1) is 16.4. The molecule has 0 radical (unpaired) electrons. The van der Waals surface area contributed by atoms with Crippen molar-refractivity contribution >= 4 is 0 Å². The Morgan fingerprint density at radius 3 is 2.52 bits per heavy atom. The van der Waals surface area contributed by atoms with E-state index in [9.17, 15) is 8.78 Å². The minimum absolute atomic E-state index is 0.0642. The molecule has 1 heterocycles. The largest absolute Gasteiger partial charge is 0.312 e. The first-order valence-corrected chi connectivity index (χ1v) is 7.85. The molecule has 0 spiro atoms. The van der Waals surface area contributed by atoms with Gasteiger partial charge in [0.1, 0.15) is 11.6 Å². The number of likely N-dealkylation sites (tertiary alicyclic amines) is 1. The van der Waals surface area contributed by atoms with Crippen LogP contribution in [0.5, 0.6) is 0 Å². The van der Waals surface area contributed by atoms with Crippen molar-refractivity contribution in [2.24, 2.45) is 0 Å². The van der Waals surface area contributed by atoms with Crippen molar-refractivity contribution in [2.45, 2.75) is 64.7 Å². The normalized spacial score (nSPS) is 24.0. The van der Waals surface area contributed by atoms with E-state index in [0.717, 1.165) is 19.4 Å². The number of piperidine rings is 1. The molecule has 1 aliphatic heterocycles. The van der Waals surface area contributed by atoms with Crippen LogP contribution >= 0.6 is 0 Å². The molecule has 0 aliphatic carbocycles. The fourth-order valence-electron chi connectivity index (χ4n) is 3.30. The third-order valence-corrected chi connectivity index (χ3v) is 4.19. The second-order valence-corrected chi connectivity index (χ2v) is 6.56. The van der Waals surface area contributed by atoms with Crippen molar-refractivity contribution in [1.82, 2.24) is 10.2 Å². The molecule has 1 aromatic carbocycles. The molecule has 118 valence electrons. The average Bonchev–Trinajstić information content (AvgIpc) is 2.40. The summed E-state index contributed by atoms with van der Waals surface area (Å²) in [6.07, 6.45) is 1.86. The number of rotatable bonds is 4. The van der Waals surface area contributed by atoms with E-state index in [0.29, 0.717) is 23.7 Å². The van der Waals surface area contributed by atoms with Crippen molar-refractivity contribution in [2.75, 3.05) is 6.54 Å². The molecule has 1 fully saturated rings. The van der Waals surface area contributed by atoms with E-state index in [4.69, 9.17) is 0 Å². The Labute approximate surface area is 126 Å². The minimum atomic E-state index is -0.367. The molecule has 21 heavy (non-hydrogen) atoms. The highest BCUT2D eigenvalue weighted by molar-refractivity contribution is 5.23. The highest BCUT2D eigenvalue weighted by Gasteiger charge is 2.32. The van der Waals surface area contributed by atoms with Gasteiger partial charge in [-0.25, -0.2) is 8.78 Å². The number of hydrogen-bond acceptors (Lipinski definition) is 2. The third kappa shape index (κ3) is 4.01. The van der Waals surface area contributed by atoms with Gasteiger partial charge < -0.3 is 5.32 Å². The van der Waals surface area contributed by atoms with E-state index in [1.807, 2.05) is 0 Å². The zero-order chi connectivity index (χ0) is 15.6. The van der Waals surface area contributed by atoms with Gasteiger partial charge in [-0.05, 0) is 44.9 Å². The maximum absolute atomic E-state index is 14.2. The Morgan fingerprint density at radius 1 is 1.19 bits per heavy atom. The summed E-state index contributed by atoms with van der Waals surface area (Å²) in [4.78, 5) is 2.27. The van der Waals surface area contributed by atoms with E-state index in [2.05, 4.69) is 37.9 Å². The Morgan fingerprint density at radius 2 is 1.90 bits per heavy atom. The fraction of sp³-hybridized carbons (Fsp3) is 0.647. The van der Waals surface area contributed by atoms with Crippen LogP contribution in [0.25, 0.3) is 0 Å². The van der Waals surface area contributed by atoms with Crippen LogP contribution in [0.1, 0.15) is 52.1 Å². The molecular weight excluding hydrogens is 270 g/mol. The summed E-state index contributed by atoms with van der Waals surface area (Å²) in [5.41, 5.74) is 0.485. The van der Waals surface area contributed by atoms with Crippen molar-refractivity contribution in [1.29, 1.82) is 0 Å². The molecule has 1 aromatic rings. The highest BCUT2D eigenvalue weighted by atomic mass is 19.1. The summed E-state index contributed by atoms with van der Waals surface area (Å²) in [6, 6.07) is 4.79. The quantitative estimate of drug-likeness (QED) is 0.907. The average molecular weight is 296 g/mol. The molecule has 0 amide bonds. The van der Waals surface area contributed by atoms with E-state index < -0.39 is 0 Å². The smallest absolute Gasteiger partial charge is 0.128 e. The minimum Gasteiger partial charge on any atom is -0.312 e. The summed E-state index contributed by atoms with van der Waals surface area (Å²) in [6.45, 7) is 9.36. The maximum atomic E-state index is 14.2. The Balaban J connectivity index is 2.27. The number of benzene rings is 1. The Bertz CT molecular complexity index is 474. The van der Waals surface area contributed by atoms with Gasteiger partial charge in [0.25, 0.3) is 0 Å². The van der Waals surface area contributed by atoms with Gasteiger partial charge in [-0.3, -0.25) is 4.90 Å². The van der Waals surface area contributed by atoms with Crippen LogP contribution < -0.4 is 5.32 Å². The predicted molar refractivity (Wildman–Crippen MR) is 82.2 cm³/mol. The van der Waals surface area contributed by atoms with Gasteiger partial charge in [0.05, 0.1) is 0 Å². The summed E-state index contributed by atoms with van der Waals surface area (Å²) in [5.74, 6) is -0.675. The summed E-state index contributed by atoms with van der Waals surface area (Å²) < 4.78 is 27.7. The molecule has 1 aliphatic rings. The molecule has 2 unspecified atom stereocenters. The summed E-state index contributed by atoms with van der Waals surface area (Å²) in [7, 11) is 0. The van der Waals surface area contributed by atoms with Crippen LogP contribution in [-0.4, -0.2) is 29.6 Å². The highest BCUT2D eigenvalue weighted by Crippen LogP contribution is 2.34. The SMILES string of the molecule is CC(C)NC1CCN(C(C)C)C(c2cc(F)ccc2F)C1. The lowest BCUT2D eigenvalue weighted by Crippen LogP contribution is -2.48. The molecule has 4 heteroatoms. The summed E-state index contributed by atoms with van der Waals surface area (Å²) in [5, 5.41) is 3.53. The predicted octanol–water partition coefficient (Wildman–Crippen LogP) is 3.88. The van der Waals surface area contributed by atoms with Crippen LogP contribution in [-0.2, 0) is 0 Å². The first-order chi connectivity index (χ1) is 9.88. The van der Waals surface area contributed by atoms with Crippen molar-refractivity contribution in [3.8, 4) is 0 Å². The van der Waals surface area contributed by atoms with Crippen molar-refractivity contribution in [3.05, 3.63) is 35.4 Å². The molecule has 1 saturated heterocycles. The Kier molecular flexibility index (Phi) is 5.33. The van der Waals surface area contributed by atoms with Crippen LogP contribution in [0.15, 0.2) is 18.2 Å². The van der Waals surface area contributed by atoms with E-state index in [1.54, 1.807) is 0 Å². The number of nitrogens with zero attached hydrogens (tertiary/aromatic N) is 1. The second kappa shape index (κ2) is 6.84. The standard InChI is InChI=1S/C17H26F2N2/c1-11(2)20-14-7-8-21(12(3)4)17(10-14)15-9-13(18)5-6-16(15)19/h5-6,9,11-12,14,17,20H,7-8,10H2,1-4H3. The number of halogens is 2. The number of nitrogens with one attached hydrogen (secondary N) is 1. The van der Waals surface area contributed by atoms with Gasteiger partial charge in [0.15, 0.2) is 0 Å². The van der Waals surface area contributed by atoms with Crippen LogP contribution in [0.3, 0.4) is 0 Å². The van der Waals surface area contributed by atoms with Crippen molar-refractivity contribution in [3.63, 3.8) is 0 Å². The Hall–Kier alpha value is -1.00. The molecule has 1 N–H and O–H groups in total. The maximum Gasteiger partial charge on any atom is 0.128 e. The van der Waals surface area contributed by atoms with Gasteiger partial charge >= 0.3 is 0 Å². The zero-order valence-electron chi connectivity index (χ0n) is 13.4. The van der Waals surface area contributed by atoms with Crippen LogP contribution in [0, 0.1) is 11.6 Å². The zero-order valence-corrected chi connectivity index (χ0v) is 13.4. The molecule has 2 nitrogen and oxygen atoms in total. The van der Waals surface area contributed by atoms with Crippen molar-refractivity contribution < 1.29 is 8.78 Å². The first-order valence-electron chi connectivity index (χ1n) is 7.85. The van der Waals surface area contributed by atoms with E-state index in [1.165, 1.54) is 18.2 Å². The monoisotopic (exact) mass is 296 g/mol. The third-order valence-electron chi connectivity index (χ3n) is 4.19. The second-order valence-electron chi connectivity index (χ2n) is 6.56. The molecule has 2 rings (SSSR count). The lowest BCUT2D eigenvalue weighted by molar-refractivity contribution is 0.0879. The van der Waals surface area contributed by atoms with E-state index in [-0.39, 0.29) is 17.7 Å². The number of hydrogen-bond donors (Lipinski definition) is 1. The summed E-state index contributed by atoms with van der Waals surface area (Å²) >= 11 is 0. The van der Waals surface area contributed by atoms with Gasteiger partial charge in [0.2, 0.25) is 0 Å². The van der Waals surface area contributed by atoms with Gasteiger partial charge in [-0.15, -0.1) is 0 Å². The molecule has 0 saturated carbocycles. The van der Waals surface area contributed by atoms with Gasteiger partial charge in [-0.1, -0.05) is 13.8 Å². The fourth-order valence-corrected chi connectivity index (χ4v) is 3.30.